The van der Waals surface area contributed by atoms with E-state index in [1.165, 1.54) is 11.3 Å². The smallest absolute Gasteiger partial charge is 0.261 e. The maximum absolute atomic E-state index is 11.8. The molecule has 2 aromatic heterocycles. The van der Waals surface area contributed by atoms with Crippen LogP contribution in [0.5, 0.6) is 0 Å². The fourth-order valence-electron chi connectivity index (χ4n) is 2.12. The van der Waals surface area contributed by atoms with Gasteiger partial charge in [-0.2, -0.15) is 0 Å². The number of nitrogens with one attached hydrogen (secondary N) is 4. The van der Waals surface area contributed by atoms with E-state index in [4.69, 9.17) is 0 Å². The number of aromatic amines is 1. The highest BCUT2D eigenvalue weighted by molar-refractivity contribution is 7.12. The van der Waals surface area contributed by atoms with Crippen LogP contribution in [-0.2, 0) is 16.0 Å². The van der Waals surface area contributed by atoms with E-state index in [2.05, 4.69) is 26.1 Å². The summed E-state index contributed by atoms with van der Waals surface area (Å²) in [6.45, 7) is -0.234. The molecule has 0 aliphatic rings. The largest absolute Gasteiger partial charge is 0.342 e. The number of imidazole rings is 1. The van der Waals surface area contributed by atoms with Crippen molar-refractivity contribution in [3.8, 4) is 0 Å². The molecule has 1 aromatic carbocycles. The first-order valence-electron chi connectivity index (χ1n) is 7.45. The highest BCUT2D eigenvalue weighted by Gasteiger charge is 2.11. The minimum Gasteiger partial charge on any atom is -0.342 e. The van der Waals surface area contributed by atoms with Crippen molar-refractivity contribution in [1.82, 2.24) is 26.1 Å². The predicted octanol–water partition coefficient (Wildman–Crippen LogP) is 0.744. The average Bonchev–Trinajstić information content (AvgIpc) is 3.26. The lowest BCUT2D eigenvalue weighted by molar-refractivity contribution is -0.128. The molecule has 3 rings (SSSR count). The van der Waals surface area contributed by atoms with Gasteiger partial charge in [0, 0.05) is 0 Å². The number of nitrogens with zero attached hydrogens (tertiary/aromatic N) is 1. The summed E-state index contributed by atoms with van der Waals surface area (Å²) in [6.07, 6.45) is -0.00346. The third kappa shape index (κ3) is 4.42. The molecule has 128 valence electrons. The molecule has 0 unspecified atom stereocenters. The molecule has 0 aliphatic carbocycles. The van der Waals surface area contributed by atoms with Gasteiger partial charge in [-0.3, -0.25) is 25.2 Å². The second kappa shape index (κ2) is 7.58. The Morgan fingerprint density at radius 2 is 1.84 bits per heavy atom. The van der Waals surface area contributed by atoms with Crippen molar-refractivity contribution in [3.63, 3.8) is 0 Å². The van der Waals surface area contributed by atoms with E-state index in [1.807, 2.05) is 24.3 Å². The molecule has 0 saturated heterocycles. The molecule has 8 nitrogen and oxygen atoms in total. The summed E-state index contributed by atoms with van der Waals surface area (Å²) in [5, 5.41) is 4.24. The quantitative estimate of drug-likeness (QED) is 0.504. The second-order valence-electron chi connectivity index (χ2n) is 5.13. The Morgan fingerprint density at radius 1 is 1.04 bits per heavy atom. The third-order valence-corrected chi connectivity index (χ3v) is 4.13. The van der Waals surface area contributed by atoms with Crippen LogP contribution in [-0.4, -0.2) is 34.2 Å². The number of benzene rings is 1. The summed E-state index contributed by atoms with van der Waals surface area (Å²) in [5.74, 6) is -0.780. The van der Waals surface area contributed by atoms with E-state index >= 15 is 0 Å². The van der Waals surface area contributed by atoms with Gasteiger partial charge < -0.3 is 10.3 Å². The first-order valence-corrected chi connectivity index (χ1v) is 8.33. The highest BCUT2D eigenvalue weighted by Crippen LogP contribution is 2.10. The molecule has 3 aromatic rings. The Kier molecular flexibility index (Phi) is 5.05. The van der Waals surface area contributed by atoms with Gasteiger partial charge in [0.1, 0.15) is 5.82 Å². The van der Waals surface area contributed by atoms with Crippen LogP contribution in [0.4, 0.5) is 0 Å². The van der Waals surface area contributed by atoms with Crippen molar-refractivity contribution in [2.45, 2.75) is 6.42 Å². The lowest BCUT2D eigenvalue weighted by atomic mass is 10.3. The van der Waals surface area contributed by atoms with Gasteiger partial charge >= 0.3 is 0 Å². The zero-order chi connectivity index (χ0) is 17.6. The molecule has 0 atom stereocenters. The summed E-state index contributed by atoms with van der Waals surface area (Å²) >= 11 is 1.28. The standard InChI is InChI=1S/C16H15N5O3S/c22-14(8-13-18-10-4-1-2-5-11(10)19-13)20-21-15(23)9-17-16(24)12-6-3-7-25-12/h1-7H,8-9H2,(H,17,24)(H,18,19)(H,20,22)(H,21,23). The van der Waals surface area contributed by atoms with Gasteiger partial charge in [-0.15, -0.1) is 11.3 Å². The van der Waals surface area contributed by atoms with Gasteiger partial charge in [0.25, 0.3) is 11.8 Å². The van der Waals surface area contributed by atoms with Crippen molar-refractivity contribution in [2.75, 3.05) is 6.54 Å². The first-order chi connectivity index (χ1) is 12.1. The number of hydrazine groups is 1. The van der Waals surface area contributed by atoms with E-state index in [9.17, 15) is 14.4 Å². The van der Waals surface area contributed by atoms with Crippen LogP contribution in [0.25, 0.3) is 11.0 Å². The van der Waals surface area contributed by atoms with Gasteiger partial charge in [-0.25, -0.2) is 4.98 Å². The number of amides is 3. The molecule has 0 aliphatic heterocycles. The van der Waals surface area contributed by atoms with Gasteiger partial charge in [0.05, 0.1) is 28.9 Å². The molecule has 0 radical (unpaired) electrons. The third-order valence-electron chi connectivity index (χ3n) is 3.26. The molecule has 0 bridgehead atoms. The van der Waals surface area contributed by atoms with Crippen LogP contribution in [0.15, 0.2) is 41.8 Å². The van der Waals surface area contributed by atoms with Gasteiger partial charge in [0.15, 0.2) is 0 Å². The number of thiophene rings is 1. The number of H-pyrrole nitrogens is 1. The fraction of sp³-hybridized carbons (Fsp3) is 0.125. The van der Waals surface area contributed by atoms with E-state index < -0.39 is 11.8 Å². The number of rotatable bonds is 5. The van der Waals surface area contributed by atoms with Crippen LogP contribution in [0.2, 0.25) is 0 Å². The van der Waals surface area contributed by atoms with E-state index in [0.717, 1.165) is 11.0 Å². The van der Waals surface area contributed by atoms with Crippen LogP contribution in [0, 0.1) is 0 Å². The Labute approximate surface area is 146 Å². The monoisotopic (exact) mass is 357 g/mol. The highest BCUT2D eigenvalue weighted by atomic mass is 32.1. The van der Waals surface area contributed by atoms with Crippen molar-refractivity contribution < 1.29 is 14.4 Å². The molecule has 2 heterocycles. The van der Waals surface area contributed by atoms with Crippen LogP contribution in [0.1, 0.15) is 15.5 Å². The number of carbonyl (C=O) groups is 3. The maximum Gasteiger partial charge on any atom is 0.261 e. The minimum absolute atomic E-state index is 0.00346. The van der Waals surface area contributed by atoms with E-state index in [1.54, 1.807) is 17.5 Å². The van der Waals surface area contributed by atoms with Crippen LogP contribution < -0.4 is 16.2 Å². The lowest BCUT2D eigenvalue weighted by Crippen LogP contribution is -2.46. The number of para-hydroxylation sites is 2. The zero-order valence-electron chi connectivity index (χ0n) is 13.0. The molecule has 3 amide bonds. The van der Waals surface area contributed by atoms with E-state index in [-0.39, 0.29) is 18.9 Å². The maximum atomic E-state index is 11.8. The molecule has 4 N–H and O–H groups in total. The summed E-state index contributed by atoms with van der Waals surface area (Å²) in [6, 6.07) is 10.8. The molecule has 25 heavy (non-hydrogen) atoms. The molecule has 9 heteroatoms. The van der Waals surface area contributed by atoms with Crippen molar-refractivity contribution in [3.05, 3.63) is 52.5 Å². The number of hydrogen-bond donors (Lipinski definition) is 4. The summed E-state index contributed by atoms with van der Waals surface area (Å²) in [5.41, 5.74) is 6.14. The van der Waals surface area contributed by atoms with Crippen molar-refractivity contribution in [2.24, 2.45) is 0 Å². The minimum atomic E-state index is -0.525. The number of aromatic nitrogens is 2. The Morgan fingerprint density at radius 3 is 2.60 bits per heavy atom. The molecular formula is C16H15N5O3S. The van der Waals surface area contributed by atoms with Gasteiger partial charge in [0.2, 0.25) is 5.91 Å². The van der Waals surface area contributed by atoms with Crippen molar-refractivity contribution in [1.29, 1.82) is 0 Å². The summed E-state index contributed by atoms with van der Waals surface area (Å²) < 4.78 is 0. The Balaban J connectivity index is 1.42. The zero-order valence-corrected chi connectivity index (χ0v) is 13.9. The van der Waals surface area contributed by atoms with E-state index in [0.29, 0.717) is 10.7 Å². The lowest BCUT2D eigenvalue weighted by Gasteiger charge is -2.07. The van der Waals surface area contributed by atoms with Crippen LogP contribution in [0.3, 0.4) is 0 Å². The summed E-state index contributed by atoms with van der Waals surface area (Å²) in [7, 11) is 0. The molecular weight excluding hydrogens is 342 g/mol. The number of fused-ring (bicyclic) bond motifs is 1. The Bertz CT molecular complexity index is 871. The topological polar surface area (TPSA) is 116 Å². The Hall–Kier alpha value is -3.20. The van der Waals surface area contributed by atoms with Crippen molar-refractivity contribution >= 4 is 40.1 Å². The number of hydrogen-bond acceptors (Lipinski definition) is 5. The van der Waals surface area contributed by atoms with Gasteiger partial charge in [-0.1, -0.05) is 18.2 Å². The first kappa shape index (κ1) is 16.7. The SMILES string of the molecule is O=C(CNC(=O)c1cccs1)NNC(=O)Cc1nc2ccccc2[nH]1. The average molecular weight is 357 g/mol. The van der Waals surface area contributed by atoms with Gasteiger partial charge in [-0.05, 0) is 23.6 Å². The molecule has 0 spiro atoms. The second-order valence-corrected chi connectivity index (χ2v) is 6.08. The molecule has 0 fully saturated rings. The predicted molar refractivity (Wildman–Crippen MR) is 92.7 cm³/mol. The van der Waals surface area contributed by atoms with Crippen LogP contribution >= 0.6 is 11.3 Å². The fourth-order valence-corrected chi connectivity index (χ4v) is 2.76. The molecule has 0 saturated carbocycles. The normalized spacial score (nSPS) is 10.4. The summed E-state index contributed by atoms with van der Waals surface area (Å²) in [4.78, 5) is 43.0. The number of carbonyl (C=O) groups excluding carboxylic acids is 3.